The smallest absolute Gasteiger partial charge is 0.246 e. The van der Waals surface area contributed by atoms with Gasteiger partial charge >= 0.3 is 0 Å². The topological polar surface area (TPSA) is 50.4 Å². The first-order valence-electron chi connectivity index (χ1n) is 7.50. The third-order valence-corrected chi connectivity index (χ3v) is 4.24. The van der Waals surface area contributed by atoms with Crippen molar-refractivity contribution in [1.29, 1.82) is 0 Å². The van der Waals surface area contributed by atoms with Crippen LogP contribution in [0, 0.1) is 0 Å². The Balaban J connectivity index is 1.36. The lowest BCUT2D eigenvalue weighted by atomic mass is 9.77. The fourth-order valence-electron chi connectivity index (χ4n) is 2.99. The molecule has 4 heteroatoms. The first kappa shape index (κ1) is 13.6. The van der Waals surface area contributed by atoms with E-state index in [4.69, 9.17) is 4.74 Å². The number of benzene rings is 1. The quantitative estimate of drug-likeness (QED) is 0.848. The highest BCUT2D eigenvalue weighted by Gasteiger charge is 2.25. The van der Waals surface area contributed by atoms with Crippen LogP contribution in [0.15, 0.2) is 24.3 Å². The zero-order valence-electron chi connectivity index (χ0n) is 11.7. The Morgan fingerprint density at radius 3 is 2.90 bits per heavy atom. The van der Waals surface area contributed by atoms with Crippen LogP contribution in [0.25, 0.3) is 0 Å². The minimum absolute atomic E-state index is 0.00733. The Kier molecular flexibility index (Phi) is 4.33. The van der Waals surface area contributed by atoms with Crippen LogP contribution in [0.5, 0.6) is 0 Å². The molecule has 4 nitrogen and oxygen atoms in total. The van der Waals surface area contributed by atoms with E-state index in [1.165, 1.54) is 11.1 Å². The van der Waals surface area contributed by atoms with Gasteiger partial charge in [-0.2, -0.15) is 0 Å². The lowest BCUT2D eigenvalue weighted by molar-refractivity contribution is -0.128. The van der Waals surface area contributed by atoms with E-state index in [1.54, 1.807) is 0 Å². The molecule has 0 radical (unpaired) electrons. The fraction of sp³-hybridized carbons (Fsp3) is 0.562. The van der Waals surface area contributed by atoms with Crippen molar-refractivity contribution in [2.45, 2.75) is 31.3 Å². The third kappa shape index (κ3) is 3.19. The predicted molar refractivity (Wildman–Crippen MR) is 77.7 cm³/mol. The van der Waals surface area contributed by atoms with E-state index in [1.807, 2.05) is 0 Å². The largest absolute Gasteiger partial charge is 0.368 e. The predicted octanol–water partition coefficient (Wildman–Crippen LogP) is 1.21. The molecule has 1 saturated heterocycles. The maximum Gasteiger partial charge on any atom is 0.246 e. The van der Waals surface area contributed by atoms with Gasteiger partial charge in [-0.1, -0.05) is 24.3 Å². The van der Waals surface area contributed by atoms with Crippen LogP contribution < -0.4 is 10.6 Å². The molecular weight excluding hydrogens is 252 g/mol. The summed E-state index contributed by atoms with van der Waals surface area (Å²) in [5.41, 5.74) is 2.80. The van der Waals surface area contributed by atoms with Gasteiger partial charge in [0.05, 0.1) is 6.10 Å². The van der Waals surface area contributed by atoms with Crippen LogP contribution in [0.1, 0.15) is 29.9 Å². The molecule has 0 aromatic heterocycles. The summed E-state index contributed by atoms with van der Waals surface area (Å²) in [6.45, 7) is 2.90. The molecule has 1 aromatic carbocycles. The minimum Gasteiger partial charge on any atom is -0.368 e. The molecule has 1 heterocycles. The lowest BCUT2D eigenvalue weighted by Crippen LogP contribution is -2.38. The van der Waals surface area contributed by atoms with Gasteiger partial charge < -0.3 is 15.4 Å². The second-order valence-electron chi connectivity index (χ2n) is 5.66. The summed E-state index contributed by atoms with van der Waals surface area (Å²) in [5, 5.41) is 6.27. The summed E-state index contributed by atoms with van der Waals surface area (Å²) in [5.74, 6) is 0.488. The molecule has 1 aromatic rings. The number of carbonyl (C=O) groups excluding carboxylic acids is 1. The van der Waals surface area contributed by atoms with E-state index in [0.717, 1.165) is 38.9 Å². The van der Waals surface area contributed by atoms with Gasteiger partial charge in [0.15, 0.2) is 0 Å². The molecule has 0 spiro atoms. The molecule has 1 aliphatic carbocycles. The van der Waals surface area contributed by atoms with Crippen molar-refractivity contribution in [3.8, 4) is 0 Å². The van der Waals surface area contributed by atoms with Gasteiger partial charge in [-0.3, -0.25) is 4.79 Å². The summed E-state index contributed by atoms with van der Waals surface area (Å²) >= 11 is 0. The van der Waals surface area contributed by atoms with Crippen molar-refractivity contribution in [3.05, 3.63) is 35.4 Å². The van der Waals surface area contributed by atoms with Crippen molar-refractivity contribution >= 4 is 5.91 Å². The lowest BCUT2D eigenvalue weighted by Gasteiger charge is -2.30. The number of fused-ring (bicyclic) bond motifs is 1. The van der Waals surface area contributed by atoms with Crippen molar-refractivity contribution in [2.24, 2.45) is 0 Å². The Labute approximate surface area is 119 Å². The number of carbonyl (C=O) groups is 1. The molecule has 1 unspecified atom stereocenters. The first-order valence-corrected chi connectivity index (χ1v) is 7.50. The summed E-state index contributed by atoms with van der Waals surface area (Å²) < 4.78 is 5.65. The maximum absolute atomic E-state index is 11.8. The normalized spacial score (nSPS) is 21.9. The van der Waals surface area contributed by atoms with E-state index in [9.17, 15) is 4.79 Å². The van der Waals surface area contributed by atoms with Crippen molar-refractivity contribution in [1.82, 2.24) is 10.6 Å². The highest BCUT2D eigenvalue weighted by molar-refractivity contribution is 5.77. The average Bonchev–Trinajstić information content (AvgIpc) is 2.47. The van der Waals surface area contributed by atoms with E-state index >= 15 is 0 Å². The number of piperidine rings is 1. The first-order chi connectivity index (χ1) is 9.83. The van der Waals surface area contributed by atoms with Crippen molar-refractivity contribution in [3.63, 3.8) is 0 Å². The SMILES string of the molecule is O=C(COC1CCNCC1)NCC1Cc2ccccc21. The summed E-state index contributed by atoms with van der Waals surface area (Å²) in [4.78, 5) is 11.8. The summed E-state index contributed by atoms with van der Waals surface area (Å²) in [7, 11) is 0. The zero-order chi connectivity index (χ0) is 13.8. The van der Waals surface area contributed by atoms with E-state index < -0.39 is 0 Å². The molecule has 1 fully saturated rings. The van der Waals surface area contributed by atoms with E-state index in [-0.39, 0.29) is 18.6 Å². The Hall–Kier alpha value is -1.39. The van der Waals surface area contributed by atoms with Crippen LogP contribution in [-0.2, 0) is 16.0 Å². The monoisotopic (exact) mass is 274 g/mol. The van der Waals surface area contributed by atoms with Crippen LogP contribution in [-0.4, -0.2) is 38.3 Å². The number of nitrogens with one attached hydrogen (secondary N) is 2. The van der Waals surface area contributed by atoms with Gasteiger partial charge in [0, 0.05) is 12.5 Å². The standard InChI is InChI=1S/C16H22N2O2/c19-16(11-20-14-5-7-17-8-6-14)18-10-13-9-12-3-1-2-4-15(12)13/h1-4,13-14,17H,5-11H2,(H,18,19). The summed E-state index contributed by atoms with van der Waals surface area (Å²) in [6.07, 6.45) is 3.32. The number of rotatable bonds is 5. The molecule has 20 heavy (non-hydrogen) atoms. The summed E-state index contributed by atoms with van der Waals surface area (Å²) in [6, 6.07) is 8.45. The Morgan fingerprint density at radius 1 is 1.30 bits per heavy atom. The molecule has 1 amide bonds. The van der Waals surface area contributed by atoms with Gasteiger partial charge in [0.25, 0.3) is 0 Å². The van der Waals surface area contributed by atoms with Crippen LogP contribution in [0.2, 0.25) is 0 Å². The highest BCUT2D eigenvalue weighted by atomic mass is 16.5. The number of hydrogen-bond donors (Lipinski definition) is 2. The van der Waals surface area contributed by atoms with Crippen LogP contribution in [0.3, 0.4) is 0 Å². The van der Waals surface area contributed by atoms with Gasteiger partial charge in [-0.25, -0.2) is 0 Å². The second-order valence-corrected chi connectivity index (χ2v) is 5.66. The average molecular weight is 274 g/mol. The zero-order valence-corrected chi connectivity index (χ0v) is 11.7. The molecule has 108 valence electrons. The number of amides is 1. The molecule has 1 aliphatic heterocycles. The third-order valence-electron chi connectivity index (χ3n) is 4.24. The number of hydrogen-bond acceptors (Lipinski definition) is 3. The molecule has 0 saturated carbocycles. The second kappa shape index (κ2) is 6.37. The minimum atomic E-state index is 0.00733. The van der Waals surface area contributed by atoms with E-state index in [2.05, 4.69) is 34.9 Å². The van der Waals surface area contributed by atoms with Crippen LogP contribution in [0.4, 0.5) is 0 Å². The van der Waals surface area contributed by atoms with E-state index in [0.29, 0.717) is 5.92 Å². The van der Waals surface area contributed by atoms with Gasteiger partial charge in [0.1, 0.15) is 6.61 Å². The molecule has 2 aliphatic rings. The van der Waals surface area contributed by atoms with Gasteiger partial charge in [-0.15, -0.1) is 0 Å². The molecule has 1 atom stereocenters. The molecular formula is C16H22N2O2. The van der Waals surface area contributed by atoms with Gasteiger partial charge in [-0.05, 0) is 43.5 Å². The Bertz CT molecular complexity index is 469. The maximum atomic E-state index is 11.8. The highest BCUT2D eigenvalue weighted by Crippen LogP contribution is 2.33. The molecule has 3 rings (SSSR count). The van der Waals surface area contributed by atoms with Gasteiger partial charge in [0.2, 0.25) is 5.91 Å². The fourth-order valence-corrected chi connectivity index (χ4v) is 2.99. The number of ether oxygens (including phenoxy) is 1. The molecule has 0 bridgehead atoms. The Morgan fingerprint density at radius 2 is 2.10 bits per heavy atom. The van der Waals surface area contributed by atoms with Crippen molar-refractivity contribution < 1.29 is 9.53 Å². The van der Waals surface area contributed by atoms with Crippen LogP contribution >= 0.6 is 0 Å². The van der Waals surface area contributed by atoms with Crippen molar-refractivity contribution in [2.75, 3.05) is 26.2 Å². The molecule has 2 N–H and O–H groups in total.